The van der Waals surface area contributed by atoms with Crippen molar-refractivity contribution >= 4 is 0 Å². The number of rotatable bonds is 3. The summed E-state index contributed by atoms with van der Waals surface area (Å²) in [5.74, 6) is 0. The molecule has 1 N–H and O–H groups in total. The van der Waals surface area contributed by atoms with E-state index in [1.807, 2.05) is 0 Å². The number of likely N-dealkylation sites (tertiary alicyclic amines) is 1. The largest absolute Gasteiger partial charge is 0.372 e. The van der Waals surface area contributed by atoms with Gasteiger partial charge in [-0.1, -0.05) is 6.92 Å². The quantitative estimate of drug-likeness (QED) is 0.809. The Morgan fingerprint density at radius 1 is 1.29 bits per heavy atom. The topological polar surface area (TPSA) is 24.5 Å². The molecule has 0 aromatic rings. The summed E-state index contributed by atoms with van der Waals surface area (Å²) in [5.41, 5.74) is 0.537. The van der Waals surface area contributed by atoms with Gasteiger partial charge in [0, 0.05) is 26.2 Å². The van der Waals surface area contributed by atoms with Crippen LogP contribution >= 0.6 is 0 Å². The molecule has 3 aliphatic heterocycles. The van der Waals surface area contributed by atoms with Crippen LogP contribution in [0.1, 0.15) is 39.0 Å². The minimum Gasteiger partial charge on any atom is -0.372 e. The fraction of sp³-hybridized carbons (Fsp3) is 1.00. The van der Waals surface area contributed by atoms with Crippen LogP contribution in [-0.4, -0.2) is 49.8 Å². The normalized spacial score (nSPS) is 42.9. The number of nitrogens with zero attached hydrogens (tertiary/aromatic N) is 1. The SMILES string of the molecule is CCC1(CN2CC3CCC(C2)O3)CCCNC1. The van der Waals surface area contributed by atoms with Crippen LogP contribution in [0.4, 0.5) is 0 Å². The molecule has 98 valence electrons. The fourth-order valence-electron chi connectivity index (χ4n) is 3.88. The minimum absolute atomic E-state index is 0.537. The maximum absolute atomic E-state index is 5.93. The lowest BCUT2D eigenvalue weighted by molar-refractivity contribution is -0.0532. The Balaban J connectivity index is 1.61. The van der Waals surface area contributed by atoms with Crippen LogP contribution in [0.25, 0.3) is 0 Å². The first-order valence-electron chi connectivity index (χ1n) is 7.38. The molecule has 0 aromatic heterocycles. The molecule has 3 saturated heterocycles. The van der Waals surface area contributed by atoms with Gasteiger partial charge in [0.05, 0.1) is 12.2 Å². The van der Waals surface area contributed by atoms with Gasteiger partial charge in [-0.05, 0) is 44.1 Å². The number of morpholine rings is 1. The summed E-state index contributed by atoms with van der Waals surface area (Å²) in [6.45, 7) is 8.44. The number of nitrogens with one attached hydrogen (secondary N) is 1. The monoisotopic (exact) mass is 238 g/mol. The Kier molecular flexibility index (Phi) is 3.42. The Hall–Kier alpha value is -0.120. The smallest absolute Gasteiger partial charge is 0.0707 e. The van der Waals surface area contributed by atoms with Crippen molar-refractivity contribution in [3.05, 3.63) is 0 Å². The molecule has 3 atom stereocenters. The predicted molar refractivity (Wildman–Crippen MR) is 69.2 cm³/mol. The molecule has 0 aliphatic carbocycles. The second kappa shape index (κ2) is 4.87. The summed E-state index contributed by atoms with van der Waals surface area (Å²) in [5, 5.41) is 3.60. The van der Waals surface area contributed by atoms with Crippen LogP contribution in [-0.2, 0) is 4.74 Å². The van der Waals surface area contributed by atoms with E-state index in [0.29, 0.717) is 17.6 Å². The second-order valence-corrected chi connectivity index (χ2v) is 6.29. The number of ether oxygens (including phenoxy) is 1. The van der Waals surface area contributed by atoms with E-state index < -0.39 is 0 Å². The van der Waals surface area contributed by atoms with Crippen LogP contribution in [0.15, 0.2) is 0 Å². The van der Waals surface area contributed by atoms with Gasteiger partial charge in [-0.15, -0.1) is 0 Å². The lowest BCUT2D eigenvalue weighted by Crippen LogP contribution is -2.51. The Morgan fingerprint density at radius 2 is 2.06 bits per heavy atom. The van der Waals surface area contributed by atoms with Crippen LogP contribution in [0.3, 0.4) is 0 Å². The van der Waals surface area contributed by atoms with Crippen LogP contribution in [0.5, 0.6) is 0 Å². The molecule has 0 saturated carbocycles. The van der Waals surface area contributed by atoms with E-state index in [9.17, 15) is 0 Å². The van der Waals surface area contributed by atoms with Crippen molar-refractivity contribution in [2.75, 3.05) is 32.7 Å². The van der Waals surface area contributed by atoms with Crippen molar-refractivity contribution in [2.24, 2.45) is 5.41 Å². The van der Waals surface area contributed by atoms with Crippen molar-refractivity contribution in [1.82, 2.24) is 10.2 Å². The van der Waals surface area contributed by atoms with Gasteiger partial charge in [0.15, 0.2) is 0 Å². The van der Waals surface area contributed by atoms with E-state index in [0.717, 1.165) is 0 Å². The van der Waals surface area contributed by atoms with E-state index in [1.54, 1.807) is 0 Å². The average molecular weight is 238 g/mol. The van der Waals surface area contributed by atoms with Crippen LogP contribution < -0.4 is 5.32 Å². The summed E-state index contributed by atoms with van der Waals surface area (Å²) in [6, 6.07) is 0. The van der Waals surface area contributed by atoms with Gasteiger partial charge < -0.3 is 10.1 Å². The third kappa shape index (κ3) is 2.51. The summed E-state index contributed by atoms with van der Waals surface area (Å²) >= 11 is 0. The molecule has 3 fully saturated rings. The molecular weight excluding hydrogens is 212 g/mol. The van der Waals surface area contributed by atoms with E-state index >= 15 is 0 Å². The first kappa shape index (κ1) is 11.9. The highest BCUT2D eigenvalue weighted by Gasteiger charge is 2.38. The zero-order chi connectivity index (χ0) is 11.7. The highest BCUT2D eigenvalue weighted by Crippen LogP contribution is 2.34. The average Bonchev–Trinajstić information content (AvgIpc) is 2.70. The summed E-state index contributed by atoms with van der Waals surface area (Å²) in [6.07, 6.45) is 7.73. The lowest BCUT2D eigenvalue weighted by Gasteiger charge is -2.43. The molecule has 0 spiro atoms. The highest BCUT2D eigenvalue weighted by molar-refractivity contribution is 4.91. The zero-order valence-corrected chi connectivity index (χ0v) is 11.1. The van der Waals surface area contributed by atoms with E-state index in [4.69, 9.17) is 4.74 Å². The number of fused-ring (bicyclic) bond motifs is 2. The Labute approximate surface area is 105 Å². The number of hydrogen-bond donors (Lipinski definition) is 1. The summed E-state index contributed by atoms with van der Waals surface area (Å²) < 4.78 is 5.93. The van der Waals surface area contributed by atoms with Gasteiger partial charge in [0.1, 0.15) is 0 Å². The van der Waals surface area contributed by atoms with E-state index in [2.05, 4.69) is 17.1 Å². The third-order valence-corrected chi connectivity index (χ3v) is 4.99. The first-order chi connectivity index (χ1) is 8.30. The molecular formula is C14H26N2O. The molecule has 3 heterocycles. The standard InChI is InChI=1S/C14H26N2O/c1-2-14(6-3-7-15-10-14)11-16-8-12-4-5-13(9-16)17-12/h12-13,15H,2-11H2,1H3. The zero-order valence-electron chi connectivity index (χ0n) is 11.1. The highest BCUT2D eigenvalue weighted by atomic mass is 16.5. The predicted octanol–water partition coefficient (Wildman–Crippen LogP) is 1.63. The Bertz CT molecular complexity index is 251. The molecule has 3 aliphatic rings. The second-order valence-electron chi connectivity index (χ2n) is 6.29. The van der Waals surface area contributed by atoms with Gasteiger partial charge in [-0.3, -0.25) is 4.90 Å². The van der Waals surface area contributed by atoms with Crippen molar-refractivity contribution in [1.29, 1.82) is 0 Å². The van der Waals surface area contributed by atoms with Gasteiger partial charge in [-0.2, -0.15) is 0 Å². The molecule has 17 heavy (non-hydrogen) atoms. The summed E-state index contributed by atoms with van der Waals surface area (Å²) in [7, 11) is 0. The molecule has 3 heteroatoms. The first-order valence-corrected chi connectivity index (χ1v) is 7.38. The van der Waals surface area contributed by atoms with Gasteiger partial charge in [0.2, 0.25) is 0 Å². The van der Waals surface area contributed by atoms with Crippen molar-refractivity contribution in [3.8, 4) is 0 Å². The molecule has 2 bridgehead atoms. The summed E-state index contributed by atoms with van der Waals surface area (Å²) in [4.78, 5) is 2.68. The van der Waals surface area contributed by atoms with Crippen molar-refractivity contribution in [2.45, 2.75) is 51.2 Å². The molecule has 3 unspecified atom stereocenters. The van der Waals surface area contributed by atoms with Crippen molar-refractivity contribution in [3.63, 3.8) is 0 Å². The number of hydrogen-bond acceptors (Lipinski definition) is 3. The maximum Gasteiger partial charge on any atom is 0.0707 e. The minimum atomic E-state index is 0.537. The molecule has 0 aromatic carbocycles. The van der Waals surface area contributed by atoms with E-state index in [-0.39, 0.29) is 0 Å². The van der Waals surface area contributed by atoms with Crippen LogP contribution in [0.2, 0.25) is 0 Å². The fourth-order valence-corrected chi connectivity index (χ4v) is 3.88. The van der Waals surface area contributed by atoms with Gasteiger partial charge in [-0.25, -0.2) is 0 Å². The number of piperidine rings is 1. The molecule has 0 amide bonds. The van der Waals surface area contributed by atoms with Crippen molar-refractivity contribution < 1.29 is 4.74 Å². The molecule has 3 rings (SSSR count). The van der Waals surface area contributed by atoms with E-state index in [1.165, 1.54) is 64.8 Å². The Morgan fingerprint density at radius 3 is 2.65 bits per heavy atom. The lowest BCUT2D eigenvalue weighted by atomic mass is 9.77. The van der Waals surface area contributed by atoms with Gasteiger partial charge >= 0.3 is 0 Å². The maximum atomic E-state index is 5.93. The van der Waals surface area contributed by atoms with Gasteiger partial charge in [0.25, 0.3) is 0 Å². The molecule has 0 radical (unpaired) electrons. The third-order valence-electron chi connectivity index (χ3n) is 4.99. The van der Waals surface area contributed by atoms with Crippen LogP contribution in [0, 0.1) is 5.41 Å². The molecule has 3 nitrogen and oxygen atoms in total.